The first-order valence-electron chi connectivity index (χ1n) is 7.11. The summed E-state index contributed by atoms with van der Waals surface area (Å²) in [7, 11) is 1.63. The smallest absolute Gasteiger partial charge is 0.385 e. The number of piperidine rings is 1. The lowest BCUT2D eigenvalue weighted by Gasteiger charge is -2.39. The molecule has 2 N–H and O–H groups in total. The van der Waals surface area contributed by atoms with Crippen molar-refractivity contribution in [1.82, 2.24) is 10.2 Å². The summed E-state index contributed by atoms with van der Waals surface area (Å²) in [5.74, 6) is 0. The van der Waals surface area contributed by atoms with E-state index >= 15 is 0 Å². The molecule has 0 aliphatic carbocycles. The van der Waals surface area contributed by atoms with E-state index in [4.69, 9.17) is 4.74 Å². The average molecular weight is 312 g/mol. The monoisotopic (exact) mass is 312 g/mol. The van der Waals surface area contributed by atoms with Gasteiger partial charge in [0.1, 0.15) is 0 Å². The fraction of sp³-hybridized carbons (Fsp3) is 0.923. The number of amides is 2. The molecule has 21 heavy (non-hydrogen) atoms. The average Bonchev–Trinajstić information content (AvgIpc) is 2.42. The summed E-state index contributed by atoms with van der Waals surface area (Å²) in [6, 6.07) is -0.369. The number of hydrogen-bond acceptors (Lipinski definition) is 3. The molecular formula is C13H23F3N2O3. The van der Waals surface area contributed by atoms with Crippen molar-refractivity contribution >= 4 is 6.03 Å². The summed E-state index contributed by atoms with van der Waals surface area (Å²) in [6.07, 6.45) is -2.96. The third kappa shape index (κ3) is 5.35. The lowest BCUT2D eigenvalue weighted by Crippen LogP contribution is -2.55. The van der Waals surface area contributed by atoms with Crippen LogP contribution >= 0.6 is 0 Å². The van der Waals surface area contributed by atoms with Crippen LogP contribution in [-0.4, -0.2) is 61.2 Å². The number of nitrogens with zero attached hydrogens (tertiary/aromatic N) is 1. The minimum Gasteiger partial charge on any atom is -0.385 e. The molecule has 1 saturated heterocycles. The number of urea groups is 1. The highest BCUT2D eigenvalue weighted by Gasteiger charge is 2.54. The van der Waals surface area contributed by atoms with E-state index in [0.717, 1.165) is 19.3 Å². The Balaban J connectivity index is 2.23. The van der Waals surface area contributed by atoms with Crippen LogP contribution in [0.1, 0.15) is 32.1 Å². The second-order valence-corrected chi connectivity index (χ2v) is 5.30. The van der Waals surface area contributed by atoms with Gasteiger partial charge in [0, 0.05) is 46.2 Å². The molecular weight excluding hydrogens is 289 g/mol. The molecule has 0 atom stereocenters. The topological polar surface area (TPSA) is 61.8 Å². The summed E-state index contributed by atoms with van der Waals surface area (Å²) < 4.78 is 42.8. The van der Waals surface area contributed by atoms with Crippen molar-refractivity contribution in [2.24, 2.45) is 0 Å². The van der Waals surface area contributed by atoms with Crippen molar-refractivity contribution in [3.8, 4) is 0 Å². The van der Waals surface area contributed by atoms with Crippen molar-refractivity contribution in [1.29, 1.82) is 0 Å². The number of likely N-dealkylation sites (tertiary alicyclic amines) is 1. The van der Waals surface area contributed by atoms with Crippen LogP contribution < -0.4 is 5.32 Å². The van der Waals surface area contributed by atoms with Crippen LogP contribution in [0.2, 0.25) is 0 Å². The number of ether oxygens (including phenoxy) is 1. The Labute approximate surface area is 122 Å². The Morgan fingerprint density at radius 2 is 1.90 bits per heavy atom. The first kappa shape index (κ1) is 18.0. The predicted octanol–water partition coefficient (Wildman–Crippen LogP) is 1.90. The van der Waals surface area contributed by atoms with Crippen LogP contribution in [-0.2, 0) is 4.74 Å². The maximum atomic E-state index is 12.6. The van der Waals surface area contributed by atoms with Gasteiger partial charge < -0.3 is 20.1 Å². The van der Waals surface area contributed by atoms with Crippen molar-refractivity contribution < 1.29 is 27.8 Å². The largest absolute Gasteiger partial charge is 0.417 e. The number of aliphatic hydroxyl groups is 1. The standard InChI is InChI=1S/C13H23F3N2O3/c1-21-10-4-2-3-7-17-11(19)18-8-5-12(20,6-9-18)13(14,15)16/h20H,2-10H2,1H3,(H,17,19). The molecule has 1 aliphatic rings. The molecule has 1 heterocycles. The van der Waals surface area contributed by atoms with Gasteiger partial charge in [-0.25, -0.2) is 4.79 Å². The summed E-state index contributed by atoms with van der Waals surface area (Å²) in [5, 5.41) is 12.2. The Morgan fingerprint density at radius 1 is 1.29 bits per heavy atom. The Morgan fingerprint density at radius 3 is 2.43 bits per heavy atom. The molecule has 0 aromatic carbocycles. The van der Waals surface area contributed by atoms with Gasteiger partial charge in [0.25, 0.3) is 0 Å². The van der Waals surface area contributed by atoms with Crippen LogP contribution in [0, 0.1) is 0 Å². The van der Waals surface area contributed by atoms with Gasteiger partial charge in [-0.05, 0) is 19.3 Å². The fourth-order valence-corrected chi connectivity index (χ4v) is 2.22. The molecule has 5 nitrogen and oxygen atoms in total. The van der Waals surface area contributed by atoms with Gasteiger partial charge in [-0.15, -0.1) is 0 Å². The number of methoxy groups -OCH3 is 1. The second-order valence-electron chi connectivity index (χ2n) is 5.30. The van der Waals surface area contributed by atoms with Gasteiger partial charge in [-0.2, -0.15) is 13.2 Å². The van der Waals surface area contributed by atoms with Crippen LogP contribution in [0.5, 0.6) is 0 Å². The number of carbonyl (C=O) groups excluding carboxylic acids is 1. The molecule has 0 bridgehead atoms. The molecule has 0 aromatic heterocycles. The Bertz CT molecular complexity index is 329. The maximum absolute atomic E-state index is 12.6. The van der Waals surface area contributed by atoms with Crippen molar-refractivity contribution in [3.63, 3.8) is 0 Å². The van der Waals surface area contributed by atoms with Crippen molar-refractivity contribution in [3.05, 3.63) is 0 Å². The number of halogens is 3. The quantitative estimate of drug-likeness (QED) is 0.737. The molecule has 0 aromatic rings. The zero-order valence-corrected chi connectivity index (χ0v) is 12.2. The molecule has 0 spiro atoms. The first-order valence-corrected chi connectivity index (χ1v) is 7.11. The lowest BCUT2D eigenvalue weighted by atomic mass is 9.91. The maximum Gasteiger partial charge on any atom is 0.417 e. The van der Waals surface area contributed by atoms with Gasteiger partial charge in [-0.1, -0.05) is 0 Å². The van der Waals surface area contributed by atoms with Gasteiger partial charge in [0.2, 0.25) is 0 Å². The summed E-state index contributed by atoms with van der Waals surface area (Å²) >= 11 is 0. The van der Waals surface area contributed by atoms with E-state index in [1.54, 1.807) is 7.11 Å². The van der Waals surface area contributed by atoms with Gasteiger partial charge >= 0.3 is 12.2 Å². The third-order valence-corrected chi connectivity index (χ3v) is 3.71. The highest BCUT2D eigenvalue weighted by molar-refractivity contribution is 5.74. The normalized spacial score (nSPS) is 18.6. The summed E-state index contributed by atoms with van der Waals surface area (Å²) in [5.41, 5.74) is -2.66. The zero-order chi connectivity index (χ0) is 15.9. The third-order valence-electron chi connectivity index (χ3n) is 3.71. The van der Waals surface area contributed by atoms with E-state index in [9.17, 15) is 23.1 Å². The number of rotatable bonds is 6. The van der Waals surface area contributed by atoms with Gasteiger partial charge in [0.05, 0.1) is 0 Å². The van der Waals surface area contributed by atoms with Crippen LogP contribution in [0.3, 0.4) is 0 Å². The summed E-state index contributed by atoms with van der Waals surface area (Å²) in [6.45, 7) is 0.982. The zero-order valence-electron chi connectivity index (χ0n) is 12.2. The predicted molar refractivity (Wildman–Crippen MR) is 70.9 cm³/mol. The lowest BCUT2D eigenvalue weighted by molar-refractivity contribution is -0.271. The Kier molecular flexibility index (Phi) is 6.73. The number of alkyl halides is 3. The number of hydrogen-bond donors (Lipinski definition) is 2. The highest BCUT2D eigenvalue weighted by Crippen LogP contribution is 2.38. The molecule has 0 radical (unpaired) electrons. The minimum atomic E-state index is -4.64. The molecule has 1 rings (SSSR count). The van der Waals surface area contributed by atoms with Crippen molar-refractivity contribution in [2.75, 3.05) is 33.4 Å². The molecule has 1 aliphatic heterocycles. The molecule has 0 unspecified atom stereocenters. The van der Waals surface area contributed by atoms with Crippen LogP contribution in [0.25, 0.3) is 0 Å². The number of unbranched alkanes of at least 4 members (excludes halogenated alkanes) is 2. The van der Waals surface area contributed by atoms with Crippen LogP contribution in [0.15, 0.2) is 0 Å². The van der Waals surface area contributed by atoms with Gasteiger partial charge in [0.15, 0.2) is 5.60 Å². The fourth-order valence-electron chi connectivity index (χ4n) is 2.22. The van der Waals surface area contributed by atoms with E-state index in [0.29, 0.717) is 13.2 Å². The molecule has 124 valence electrons. The SMILES string of the molecule is COCCCCCNC(=O)N1CCC(O)(C(F)(F)F)CC1. The number of carbonyl (C=O) groups is 1. The van der Waals surface area contributed by atoms with E-state index in [-0.39, 0.29) is 19.1 Å². The molecule has 2 amide bonds. The second kappa shape index (κ2) is 7.84. The first-order chi connectivity index (χ1) is 9.80. The molecule has 8 heteroatoms. The highest BCUT2D eigenvalue weighted by atomic mass is 19.4. The van der Waals surface area contributed by atoms with E-state index < -0.39 is 24.6 Å². The van der Waals surface area contributed by atoms with Crippen molar-refractivity contribution in [2.45, 2.75) is 43.9 Å². The summed E-state index contributed by atoms with van der Waals surface area (Å²) in [4.78, 5) is 13.1. The molecule has 0 saturated carbocycles. The Hall–Kier alpha value is -1.02. The van der Waals surface area contributed by atoms with Gasteiger partial charge in [-0.3, -0.25) is 0 Å². The van der Waals surface area contributed by atoms with Crippen LogP contribution in [0.4, 0.5) is 18.0 Å². The van der Waals surface area contributed by atoms with E-state index in [1.807, 2.05) is 0 Å². The minimum absolute atomic E-state index is 0.0917. The molecule has 1 fully saturated rings. The van der Waals surface area contributed by atoms with E-state index in [2.05, 4.69) is 5.32 Å². The number of nitrogens with one attached hydrogen (secondary N) is 1. The van der Waals surface area contributed by atoms with E-state index in [1.165, 1.54) is 4.90 Å².